The number of aromatic nitrogens is 1. The number of para-hydroxylation sites is 1. The van der Waals surface area contributed by atoms with Crippen molar-refractivity contribution in [3.8, 4) is 5.75 Å². The molecule has 2 N–H and O–H groups in total. The number of fused-ring (bicyclic) bond motifs is 1. The Labute approximate surface area is 117 Å². The third-order valence-corrected chi connectivity index (χ3v) is 2.60. The van der Waals surface area contributed by atoms with Gasteiger partial charge in [0, 0.05) is 18.0 Å². The van der Waals surface area contributed by atoms with Crippen LogP contribution in [0, 0.1) is 0 Å². The van der Waals surface area contributed by atoms with E-state index in [9.17, 15) is 4.79 Å². The Morgan fingerprint density at radius 1 is 1.40 bits per heavy atom. The van der Waals surface area contributed by atoms with Gasteiger partial charge in [-0.2, -0.15) is 0 Å². The van der Waals surface area contributed by atoms with E-state index < -0.39 is 5.97 Å². The van der Waals surface area contributed by atoms with E-state index in [4.69, 9.17) is 15.2 Å². The van der Waals surface area contributed by atoms with Gasteiger partial charge in [-0.05, 0) is 12.1 Å². The van der Waals surface area contributed by atoms with Crippen LogP contribution in [0.2, 0.25) is 0 Å². The van der Waals surface area contributed by atoms with Gasteiger partial charge in [0.15, 0.2) is 5.69 Å². The Bertz CT molecular complexity index is 626. The molecule has 20 heavy (non-hydrogen) atoms. The normalized spacial score (nSPS) is 10.2. The topological polar surface area (TPSA) is 74.4 Å². The molecule has 0 aliphatic heterocycles. The first kappa shape index (κ1) is 14.0. The minimum absolute atomic E-state index is 0.145. The molecule has 0 spiro atoms. The monoisotopic (exact) mass is 272 g/mol. The van der Waals surface area contributed by atoms with Crippen LogP contribution in [0.15, 0.2) is 43.0 Å². The maximum absolute atomic E-state index is 11.9. The molecule has 0 aliphatic carbocycles. The summed E-state index contributed by atoms with van der Waals surface area (Å²) in [7, 11) is 0. The summed E-state index contributed by atoms with van der Waals surface area (Å²) in [5.41, 5.74) is 6.32. The Morgan fingerprint density at radius 2 is 2.20 bits per heavy atom. The van der Waals surface area contributed by atoms with E-state index in [-0.39, 0.29) is 12.3 Å². The molecule has 1 aromatic carbocycles. The van der Waals surface area contributed by atoms with Crippen molar-refractivity contribution in [2.24, 2.45) is 5.73 Å². The molecular formula is C15H16N2O3. The molecule has 0 unspecified atom stereocenters. The van der Waals surface area contributed by atoms with E-state index in [0.29, 0.717) is 24.4 Å². The molecule has 0 atom stereocenters. The van der Waals surface area contributed by atoms with Crippen LogP contribution < -0.4 is 10.5 Å². The molecule has 1 heterocycles. The molecule has 2 aromatic rings. The minimum Gasteiger partial charge on any atom is -0.491 e. The standard InChI is InChI=1S/C15H16N2O3/c1-2-8-20-15(18)13-10-14(19-9-7-16)11-5-3-4-6-12(11)17-13/h2-6,10H,1,7-9,16H2. The molecule has 0 aliphatic rings. The lowest BCUT2D eigenvalue weighted by atomic mass is 10.2. The summed E-state index contributed by atoms with van der Waals surface area (Å²) < 4.78 is 10.6. The summed E-state index contributed by atoms with van der Waals surface area (Å²) in [6.07, 6.45) is 1.50. The second kappa shape index (κ2) is 6.68. The van der Waals surface area contributed by atoms with Gasteiger partial charge in [-0.1, -0.05) is 24.8 Å². The lowest BCUT2D eigenvalue weighted by Gasteiger charge is -2.10. The van der Waals surface area contributed by atoms with Crippen LogP contribution in [0.4, 0.5) is 0 Å². The predicted octanol–water partition coefficient (Wildman–Crippen LogP) is 1.92. The van der Waals surface area contributed by atoms with Crippen molar-refractivity contribution in [2.45, 2.75) is 0 Å². The number of pyridine rings is 1. The lowest BCUT2D eigenvalue weighted by Crippen LogP contribution is -2.12. The van der Waals surface area contributed by atoms with Crippen LogP contribution >= 0.6 is 0 Å². The highest BCUT2D eigenvalue weighted by molar-refractivity contribution is 5.94. The first-order valence-corrected chi connectivity index (χ1v) is 6.27. The highest BCUT2D eigenvalue weighted by Gasteiger charge is 2.13. The van der Waals surface area contributed by atoms with E-state index in [1.165, 1.54) is 6.08 Å². The number of nitrogens with zero attached hydrogens (tertiary/aromatic N) is 1. The largest absolute Gasteiger partial charge is 0.491 e. The molecule has 0 saturated carbocycles. The molecule has 0 bridgehead atoms. The number of hydrogen-bond donors (Lipinski definition) is 1. The summed E-state index contributed by atoms with van der Waals surface area (Å²) >= 11 is 0. The Balaban J connectivity index is 2.40. The highest BCUT2D eigenvalue weighted by Crippen LogP contribution is 2.25. The molecule has 0 amide bonds. The number of nitrogens with two attached hydrogens (primary N) is 1. The van der Waals surface area contributed by atoms with Crippen molar-refractivity contribution in [1.29, 1.82) is 0 Å². The van der Waals surface area contributed by atoms with Gasteiger partial charge in [0.1, 0.15) is 19.0 Å². The number of ether oxygens (including phenoxy) is 2. The number of carbonyl (C=O) groups is 1. The van der Waals surface area contributed by atoms with Crippen LogP contribution in [-0.4, -0.2) is 30.7 Å². The van der Waals surface area contributed by atoms with Crippen molar-refractivity contribution >= 4 is 16.9 Å². The Hall–Kier alpha value is -2.40. The molecule has 5 nitrogen and oxygen atoms in total. The fourth-order valence-corrected chi connectivity index (χ4v) is 1.74. The third kappa shape index (κ3) is 3.13. The van der Waals surface area contributed by atoms with Gasteiger partial charge in [0.05, 0.1) is 5.52 Å². The van der Waals surface area contributed by atoms with Gasteiger partial charge >= 0.3 is 5.97 Å². The van der Waals surface area contributed by atoms with Crippen molar-refractivity contribution in [3.63, 3.8) is 0 Å². The predicted molar refractivity (Wildman–Crippen MR) is 76.8 cm³/mol. The van der Waals surface area contributed by atoms with E-state index in [1.807, 2.05) is 24.3 Å². The summed E-state index contributed by atoms with van der Waals surface area (Å²) in [4.78, 5) is 16.1. The van der Waals surface area contributed by atoms with Gasteiger partial charge in [0.2, 0.25) is 0 Å². The quantitative estimate of drug-likeness (QED) is 0.642. The zero-order valence-corrected chi connectivity index (χ0v) is 11.0. The summed E-state index contributed by atoms with van der Waals surface area (Å²) in [5, 5.41) is 0.834. The van der Waals surface area contributed by atoms with Gasteiger partial charge < -0.3 is 15.2 Å². The van der Waals surface area contributed by atoms with E-state index in [1.54, 1.807) is 6.07 Å². The van der Waals surface area contributed by atoms with Gasteiger partial charge in [-0.25, -0.2) is 9.78 Å². The fourth-order valence-electron chi connectivity index (χ4n) is 1.74. The number of rotatable bonds is 6. The fraction of sp³-hybridized carbons (Fsp3) is 0.200. The van der Waals surface area contributed by atoms with Gasteiger partial charge in [0.25, 0.3) is 0 Å². The maximum atomic E-state index is 11.9. The second-order valence-corrected chi connectivity index (χ2v) is 4.05. The summed E-state index contributed by atoms with van der Waals surface area (Å²) in [6.45, 7) is 4.41. The molecule has 0 saturated heterocycles. The van der Waals surface area contributed by atoms with Crippen LogP contribution in [0.25, 0.3) is 10.9 Å². The lowest BCUT2D eigenvalue weighted by molar-refractivity contribution is 0.0543. The number of esters is 1. The summed E-state index contributed by atoms with van der Waals surface area (Å²) in [5.74, 6) is 0.0693. The number of hydrogen-bond acceptors (Lipinski definition) is 5. The number of benzene rings is 1. The second-order valence-electron chi connectivity index (χ2n) is 4.05. The molecule has 2 rings (SSSR count). The molecular weight excluding hydrogens is 256 g/mol. The van der Waals surface area contributed by atoms with Crippen molar-refractivity contribution in [3.05, 3.63) is 48.7 Å². The Kier molecular flexibility index (Phi) is 4.68. The average molecular weight is 272 g/mol. The molecule has 104 valence electrons. The highest BCUT2D eigenvalue weighted by atomic mass is 16.5. The first-order chi connectivity index (χ1) is 9.76. The zero-order chi connectivity index (χ0) is 14.4. The van der Waals surface area contributed by atoms with E-state index in [2.05, 4.69) is 11.6 Å². The van der Waals surface area contributed by atoms with Crippen molar-refractivity contribution in [2.75, 3.05) is 19.8 Å². The first-order valence-electron chi connectivity index (χ1n) is 6.27. The maximum Gasteiger partial charge on any atom is 0.357 e. The zero-order valence-electron chi connectivity index (χ0n) is 11.0. The number of carbonyl (C=O) groups excluding carboxylic acids is 1. The third-order valence-electron chi connectivity index (χ3n) is 2.60. The van der Waals surface area contributed by atoms with Crippen LogP contribution in [0.1, 0.15) is 10.5 Å². The molecule has 1 aromatic heterocycles. The summed E-state index contributed by atoms with van der Waals surface area (Å²) in [6, 6.07) is 9.00. The van der Waals surface area contributed by atoms with E-state index >= 15 is 0 Å². The van der Waals surface area contributed by atoms with Crippen molar-refractivity contribution < 1.29 is 14.3 Å². The molecule has 0 fully saturated rings. The average Bonchev–Trinajstić information content (AvgIpc) is 2.49. The van der Waals surface area contributed by atoms with Crippen molar-refractivity contribution in [1.82, 2.24) is 4.98 Å². The smallest absolute Gasteiger partial charge is 0.357 e. The van der Waals surface area contributed by atoms with E-state index in [0.717, 1.165) is 5.39 Å². The van der Waals surface area contributed by atoms with Crippen LogP contribution in [0.5, 0.6) is 5.75 Å². The van der Waals surface area contributed by atoms with Gasteiger partial charge in [-0.15, -0.1) is 0 Å². The molecule has 0 radical (unpaired) electrons. The Morgan fingerprint density at radius 3 is 2.95 bits per heavy atom. The molecule has 5 heteroatoms. The SMILES string of the molecule is C=CCOC(=O)c1cc(OCCN)c2ccccc2n1. The van der Waals surface area contributed by atoms with Gasteiger partial charge in [-0.3, -0.25) is 0 Å². The van der Waals surface area contributed by atoms with Crippen LogP contribution in [0.3, 0.4) is 0 Å². The minimum atomic E-state index is -0.506. The van der Waals surface area contributed by atoms with Crippen LogP contribution in [-0.2, 0) is 4.74 Å².